The zero-order valence-corrected chi connectivity index (χ0v) is 9.26. The fourth-order valence-corrected chi connectivity index (χ4v) is 1.34. The van der Waals surface area contributed by atoms with Crippen molar-refractivity contribution in [3.8, 4) is 12.3 Å². The van der Waals surface area contributed by atoms with Crippen LogP contribution in [-0.2, 0) is 13.0 Å². The minimum Gasteiger partial charge on any atom is -0.338 e. The number of aromatic nitrogens is 3. The first kappa shape index (κ1) is 11.3. The molecule has 2 heterocycles. The maximum atomic E-state index is 5.11. The maximum absolute atomic E-state index is 5.11. The van der Waals surface area contributed by atoms with E-state index >= 15 is 0 Å². The van der Waals surface area contributed by atoms with Gasteiger partial charge in [-0.25, -0.2) is 0 Å². The summed E-state index contributed by atoms with van der Waals surface area (Å²) in [6.45, 7) is 0.970. The average molecular weight is 228 g/mol. The Morgan fingerprint density at radius 3 is 3.12 bits per heavy atom. The predicted octanol–water partition coefficient (Wildman–Crippen LogP) is 0.778. The lowest BCUT2D eigenvalue weighted by Gasteiger charge is -1.93. The van der Waals surface area contributed by atoms with Crippen molar-refractivity contribution in [3.05, 3.63) is 41.8 Å². The molecule has 5 nitrogen and oxygen atoms in total. The lowest BCUT2D eigenvalue weighted by Crippen LogP contribution is -2.13. The highest BCUT2D eigenvalue weighted by molar-refractivity contribution is 5.09. The molecule has 2 rings (SSSR count). The normalized spacial score (nSPS) is 10.1. The van der Waals surface area contributed by atoms with Gasteiger partial charge >= 0.3 is 0 Å². The molecular formula is C12H12N4O. The van der Waals surface area contributed by atoms with Gasteiger partial charge in [-0.3, -0.25) is 10.3 Å². The van der Waals surface area contributed by atoms with Crippen LogP contribution < -0.4 is 5.32 Å². The van der Waals surface area contributed by atoms with Gasteiger partial charge in [-0.05, 0) is 12.1 Å². The second kappa shape index (κ2) is 5.77. The number of nitrogens with one attached hydrogen (secondary N) is 1. The van der Waals surface area contributed by atoms with E-state index in [4.69, 9.17) is 10.9 Å². The average Bonchev–Trinajstić information content (AvgIpc) is 2.79. The molecule has 0 amide bonds. The summed E-state index contributed by atoms with van der Waals surface area (Å²) in [4.78, 5) is 8.42. The summed E-state index contributed by atoms with van der Waals surface area (Å²) in [6.07, 6.45) is 7.42. The van der Waals surface area contributed by atoms with Crippen LogP contribution in [0.5, 0.6) is 0 Å². The largest absolute Gasteiger partial charge is 0.338 e. The fourth-order valence-electron chi connectivity index (χ4n) is 1.34. The Morgan fingerprint density at radius 1 is 1.41 bits per heavy atom. The molecule has 0 radical (unpaired) electrons. The topological polar surface area (TPSA) is 63.8 Å². The molecule has 0 spiro atoms. The fraction of sp³-hybridized carbons (Fsp3) is 0.250. The van der Waals surface area contributed by atoms with Gasteiger partial charge in [0.2, 0.25) is 5.89 Å². The number of hydrogen-bond acceptors (Lipinski definition) is 5. The summed E-state index contributed by atoms with van der Waals surface area (Å²) < 4.78 is 5.06. The Kier molecular flexibility index (Phi) is 3.84. The highest BCUT2D eigenvalue weighted by Crippen LogP contribution is 2.03. The highest BCUT2D eigenvalue weighted by atomic mass is 16.5. The summed E-state index contributed by atoms with van der Waals surface area (Å²) in [5, 5.41) is 6.85. The predicted molar refractivity (Wildman–Crippen MR) is 61.9 cm³/mol. The molecule has 0 aliphatic carbocycles. The zero-order valence-electron chi connectivity index (χ0n) is 9.26. The molecule has 0 fully saturated rings. The Morgan fingerprint density at radius 2 is 2.35 bits per heavy atom. The molecule has 0 aliphatic heterocycles. The van der Waals surface area contributed by atoms with Gasteiger partial charge in [0.05, 0.1) is 19.5 Å². The SMILES string of the molecule is C#CCNCc1nc(Cc2ccccn2)no1. The van der Waals surface area contributed by atoms with E-state index in [9.17, 15) is 0 Å². The van der Waals surface area contributed by atoms with Gasteiger partial charge in [-0.1, -0.05) is 17.1 Å². The van der Waals surface area contributed by atoms with Crippen LogP contribution in [0.4, 0.5) is 0 Å². The van der Waals surface area contributed by atoms with E-state index in [-0.39, 0.29) is 0 Å². The summed E-state index contributed by atoms with van der Waals surface area (Å²) in [6, 6.07) is 5.72. The van der Waals surface area contributed by atoms with Crippen LogP contribution in [0.25, 0.3) is 0 Å². The van der Waals surface area contributed by atoms with E-state index < -0.39 is 0 Å². The van der Waals surface area contributed by atoms with Crippen molar-refractivity contribution in [2.75, 3.05) is 6.54 Å². The molecule has 5 heteroatoms. The molecule has 86 valence electrons. The smallest absolute Gasteiger partial charge is 0.240 e. The molecule has 2 aromatic heterocycles. The number of pyridine rings is 1. The summed E-state index contributed by atoms with van der Waals surface area (Å²) in [5.74, 6) is 3.63. The van der Waals surface area contributed by atoms with Gasteiger partial charge in [0, 0.05) is 11.9 Å². The van der Waals surface area contributed by atoms with E-state index in [0.29, 0.717) is 31.2 Å². The van der Waals surface area contributed by atoms with Crippen LogP contribution in [-0.4, -0.2) is 21.7 Å². The Balaban J connectivity index is 1.93. The molecule has 2 aromatic rings. The van der Waals surface area contributed by atoms with Crippen molar-refractivity contribution < 1.29 is 4.52 Å². The molecule has 0 saturated heterocycles. The van der Waals surface area contributed by atoms with Gasteiger partial charge < -0.3 is 4.52 Å². The van der Waals surface area contributed by atoms with Gasteiger partial charge in [-0.15, -0.1) is 6.42 Å². The van der Waals surface area contributed by atoms with Gasteiger partial charge in [0.1, 0.15) is 0 Å². The number of hydrogen-bond donors (Lipinski definition) is 1. The van der Waals surface area contributed by atoms with Crippen molar-refractivity contribution in [1.82, 2.24) is 20.4 Å². The van der Waals surface area contributed by atoms with Gasteiger partial charge in [0.25, 0.3) is 0 Å². The van der Waals surface area contributed by atoms with Crippen molar-refractivity contribution in [2.45, 2.75) is 13.0 Å². The molecule has 0 bridgehead atoms. The molecule has 17 heavy (non-hydrogen) atoms. The van der Waals surface area contributed by atoms with Crippen LogP contribution in [0.3, 0.4) is 0 Å². The second-order valence-electron chi connectivity index (χ2n) is 3.41. The molecule has 0 atom stereocenters. The van der Waals surface area contributed by atoms with E-state index in [1.54, 1.807) is 6.20 Å². The van der Waals surface area contributed by atoms with Crippen LogP contribution in [0.1, 0.15) is 17.4 Å². The van der Waals surface area contributed by atoms with Crippen LogP contribution in [0.15, 0.2) is 28.9 Å². The third kappa shape index (κ3) is 3.40. The number of nitrogens with zero attached hydrogens (tertiary/aromatic N) is 3. The Hall–Kier alpha value is -2.19. The lowest BCUT2D eigenvalue weighted by molar-refractivity contribution is 0.366. The van der Waals surface area contributed by atoms with E-state index in [2.05, 4.69) is 26.4 Å². The van der Waals surface area contributed by atoms with Crippen LogP contribution in [0.2, 0.25) is 0 Å². The molecule has 0 unspecified atom stereocenters. The quantitative estimate of drug-likeness (QED) is 0.605. The number of terminal acetylenes is 1. The van der Waals surface area contributed by atoms with E-state index in [1.807, 2.05) is 18.2 Å². The molecular weight excluding hydrogens is 216 g/mol. The Bertz CT molecular complexity index is 501. The third-order valence-corrected chi connectivity index (χ3v) is 2.08. The van der Waals surface area contributed by atoms with Crippen molar-refractivity contribution in [2.24, 2.45) is 0 Å². The summed E-state index contributed by atoms with van der Waals surface area (Å²) in [5.41, 5.74) is 0.913. The lowest BCUT2D eigenvalue weighted by atomic mass is 10.2. The molecule has 0 aliphatic rings. The van der Waals surface area contributed by atoms with Crippen molar-refractivity contribution >= 4 is 0 Å². The first-order valence-electron chi connectivity index (χ1n) is 5.24. The highest BCUT2D eigenvalue weighted by Gasteiger charge is 2.06. The summed E-state index contributed by atoms with van der Waals surface area (Å²) in [7, 11) is 0. The monoisotopic (exact) mass is 228 g/mol. The standard InChI is InChI=1S/C12H12N4O/c1-2-6-13-9-12-15-11(16-17-12)8-10-5-3-4-7-14-10/h1,3-5,7,13H,6,8-9H2. The second-order valence-corrected chi connectivity index (χ2v) is 3.41. The van der Waals surface area contributed by atoms with E-state index in [0.717, 1.165) is 5.69 Å². The van der Waals surface area contributed by atoms with Gasteiger partial charge in [0.15, 0.2) is 5.82 Å². The van der Waals surface area contributed by atoms with Crippen molar-refractivity contribution in [3.63, 3.8) is 0 Å². The molecule has 1 N–H and O–H groups in total. The van der Waals surface area contributed by atoms with Gasteiger partial charge in [-0.2, -0.15) is 4.98 Å². The summed E-state index contributed by atoms with van der Waals surface area (Å²) >= 11 is 0. The molecule has 0 saturated carbocycles. The molecule has 0 aromatic carbocycles. The third-order valence-electron chi connectivity index (χ3n) is 2.08. The minimum absolute atomic E-state index is 0.484. The first-order chi connectivity index (χ1) is 8.38. The van der Waals surface area contributed by atoms with Crippen LogP contribution >= 0.6 is 0 Å². The Labute approximate surface area is 99.3 Å². The van der Waals surface area contributed by atoms with Crippen molar-refractivity contribution in [1.29, 1.82) is 0 Å². The van der Waals surface area contributed by atoms with E-state index in [1.165, 1.54) is 0 Å². The minimum atomic E-state index is 0.484. The number of rotatable bonds is 5. The first-order valence-corrected chi connectivity index (χ1v) is 5.24. The zero-order chi connectivity index (χ0) is 11.9. The van der Waals surface area contributed by atoms with Crippen LogP contribution in [0, 0.1) is 12.3 Å². The maximum Gasteiger partial charge on any atom is 0.240 e.